The predicted octanol–water partition coefficient (Wildman–Crippen LogP) is 5.12. The van der Waals surface area contributed by atoms with Gasteiger partial charge in [-0.15, -0.1) is 0 Å². The molecule has 2 aromatic carbocycles. The highest BCUT2D eigenvalue weighted by atomic mass is 28.4. The summed E-state index contributed by atoms with van der Waals surface area (Å²) in [4.78, 5) is 11.0. The second-order valence-electron chi connectivity index (χ2n) is 9.61. The average Bonchev–Trinajstić information content (AvgIpc) is 2.63. The van der Waals surface area contributed by atoms with Crippen LogP contribution in [0, 0.1) is 5.41 Å². The molecule has 0 saturated heterocycles. The number of benzene rings is 2. The Morgan fingerprint density at radius 3 is 1.68 bits per heavy atom. The minimum atomic E-state index is -2.63. The third kappa shape index (κ3) is 5.30. The van der Waals surface area contributed by atoms with Gasteiger partial charge in [-0.2, -0.15) is 0 Å². The van der Waals surface area contributed by atoms with E-state index in [4.69, 9.17) is 4.43 Å². The van der Waals surface area contributed by atoms with E-state index in [0.29, 0.717) is 0 Å². The first-order valence-corrected chi connectivity index (χ1v) is 11.9. The number of allylic oxidation sites excluding steroid dienone is 1. The Kier molecular flexibility index (Phi) is 7.19. The SMILES string of the molecule is CC(C)(C)C[C@H](/C=C/C=O)O[Si](c1ccccc1)(c1ccccc1)C(C)(C)C. The van der Waals surface area contributed by atoms with Crippen molar-refractivity contribution in [3.63, 3.8) is 0 Å². The van der Waals surface area contributed by atoms with Gasteiger partial charge in [0.15, 0.2) is 0 Å². The fourth-order valence-corrected chi connectivity index (χ4v) is 8.47. The Hall–Kier alpha value is -1.97. The molecule has 28 heavy (non-hydrogen) atoms. The van der Waals surface area contributed by atoms with Crippen LogP contribution < -0.4 is 10.4 Å². The molecule has 2 rings (SSSR count). The second-order valence-corrected chi connectivity index (χ2v) is 13.9. The molecule has 0 aromatic heterocycles. The van der Waals surface area contributed by atoms with Gasteiger partial charge in [-0.1, -0.05) is 108 Å². The molecular weight excluding hydrogens is 360 g/mol. The lowest BCUT2D eigenvalue weighted by molar-refractivity contribution is -0.104. The topological polar surface area (TPSA) is 26.3 Å². The molecule has 0 amide bonds. The lowest BCUT2D eigenvalue weighted by Crippen LogP contribution is -2.67. The van der Waals surface area contributed by atoms with E-state index in [0.717, 1.165) is 12.7 Å². The lowest BCUT2D eigenvalue weighted by Gasteiger charge is -2.45. The Labute approximate surface area is 171 Å². The van der Waals surface area contributed by atoms with Crippen molar-refractivity contribution in [2.75, 3.05) is 0 Å². The van der Waals surface area contributed by atoms with Crippen molar-refractivity contribution >= 4 is 25.0 Å². The molecule has 2 nitrogen and oxygen atoms in total. The largest absolute Gasteiger partial charge is 0.401 e. The summed E-state index contributed by atoms with van der Waals surface area (Å²) in [5, 5.41) is 2.43. The highest BCUT2D eigenvalue weighted by Gasteiger charge is 2.51. The fraction of sp³-hybridized carbons (Fsp3) is 0.400. The zero-order valence-corrected chi connectivity index (χ0v) is 19.1. The van der Waals surface area contributed by atoms with Crippen molar-refractivity contribution in [3.05, 3.63) is 72.8 Å². The molecule has 0 N–H and O–H groups in total. The molecule has 0 spiro atoms. The first-order valence-electron chi connectivity index (χ1n) is 10.0. The van der Waals surface area contributed by atoms with E-state index in [1.807, 2.05) is 6.08 Å². The van der Waals surface area contributed by atoms with Crippen molar-refractivity contribution < 1.29 is 9.22 Å². The van der Waals surface area contributed by atoms with Crippen LogP contribution in [0.3, 0.4) is 0 Å². The van der Waals surface area contributed by atoms with Gasteiger partial charge in [0, 0.05) is 0 Å². The molecule has 0 heterocycles. The molecule has 0 unspecified atom stereocenters. The van der Waals surface area contributed by atoms with Gasteiger partial charge in [0.2, 0.25) is 0 Å². The molecule has 3 heteroatoms. The highest BCUT2D eigenvalue weighted by molar-refractivity contribution is 6.99. The van der Waals surface area contributed by atoms with Gasteiger partial charge in [-0.05, 0) is 33.3 Å². The first-order chi connectivity index (χ1) is 13.1. The number of hydrogen-bond acceptors (Lipinski definition) is 2. The van der Waals surface area contributed by atoms with E-state index >= 15 is 0 Å². The highest BCUT2D eigenvalue weighted by Crippen LogP contribution is 2.39. The molecule has 0 aliphatic heterocycles. The zero-order valence-electron chi connectivity index (χ0n) is 18.1. The molecule has 0 radical (unpaired) electrons. The van der Waals surface area contributed by atoms with Crippen LogP contribution in [-0.4, -0.2) is 20.7 Å². The zero-order chi connectivity index (χ0) is 20.8. The Morgan fingerprint density at radius 2 is 1.32 bits per heavy atom. The third-order valence-electron chi connectivity index (χ3n) is 4.96. The molecule has 0 bridgehead atoms. The molecule has 150 valence electrons. The van der Waals surface area contributed by atoms with Crippen LogP contribution in [0.4, 0.5) is 0 Å². The summed E-state index contributed by atoms with van der Waals surface area (Å²) >= 11 is 0. The number of rotatable bonds is 7. The summed E-state index contributed by atoms with van der Waals surface area (Å²) in [6.45, 7) is 13.5. The van der Waals surface area contributed by atoms with Crippen molar-refractivity contribution in [1.82, 2.24) is 0 Å². The maximum Gasteiger partial charge on any atom is 0.261 e. The quantitative estimate of drug-likeness (QED) is 0.370. The lowest BCUT2D eigenvalue weighted by atomic mass is 9.89. The molecule has 0 aliphatic rings. The van der Waals surface area contributed by atoms with Crippen LogP contribution >= 0.6 is 0 Å². The van der Waals surface area contributed by atoms with Crippen LogP contribution in [0.25, 0.3) is 0 Å². The van der Waals surface area contributed by atoms with Crippen molar-refractivity contribution in [3.8, 4) is 0 Å². The Bertz CT molecular complexity index is 728. The van der Waals surface area contributed by atoms with E-state index in [2.05, 4.69) is 102 Å². The Balaban J connectivity index is 2.69. The van der Waals surface area contributed by atoms with Gasteiger partial charge in [0.05, 0.1) is 6.10 Å². The fourth-order valence-electron chi connectivity index (χ4n) is 3.84. The van der Waals surface area contributed by atoms with Gasteiger partial charge >= 0.3 is 0 Å². The van der Waals surface area contributed by atoms with Crippen LogP contribution in [0.1, 0.15) is 48.0 Å². The summed E-state index contributed by atoms with van der Waals surface area (Å²) in [7, 11) is -2.63. The predicted molar refractivity (Wildman–Crippen MR) is 122 cm³/mol. The van der Waals surface area contributed by atoms with Gasteiger partial charge in [0.1, 0.15) is 6.29 Å². The number of carbonyl (C=O) groups excluding carboxylic acids is 1. The van der Waals surface area contributed by atoms with Gasteiger partial charge in [-0.25, -0.2) is 0 Å². The average molecular weight is 395 g/mol. The van der Waals surface area contributed by atoms with Gasteiger partial charge in [-0.3, -0.25) is 4.79 Å². The van der Waals surface area contributed by atoms with Crippen LogP contribution in [0.2, 0.25) is 5.04 Å². The summed E-state index contributed by atoms with van der Waals surface area (Å²) in [5.41, 5.74) is 0.0866. The van der Waals surface area contributed by atoms with E-state index in [9.17, 15) is 4.79 Å². The van der Waals surface area contributed by atoms with Crippen molar-refractivity contribution in [2.45, 2.75) is 59.1 Å². The summed E-state index contributed by atoms with van der Waals surface area (Å²) in [6.07, 6.45) is 5.06. The van der Waals surface area contributed by atoms with Crippen LogP contribution in [0.5, 0.6) is 0 Å². The third-order valence-corrected chi connectivity index (χ3v) is 10.0. The molecule has 0 aliphatic carbocycles. The van der Waals surface area contributed by atoms with E-state index < -0.39 is 8.32 Å². The molecule has 2 aromatic rings. The standard InChI is InChI=1S/C25H34O2Si/c1-24(2,3)20-21(14-13-19-26)27-28(25(4,5)6,22-15-9-7-10-16-22)23-17-11-8-12-18-23/h7-19,21H,20H2,1-6H3/b14-13+/t21-/m0/s1. The van der Waals surface area contributed by atoms with Crippen LogP contribution in [0.15, 0.2) is 72.8 Å². The monoisotopic (exact) mass is 394 g/mol. The normalized spacial score (nSPS) is 14.2. The molecular formula is C25H34O2Si. The summed E-state index contributed by atoms with van der Waals surface area (Å²) < 4.78 is 7.15. The van der Waals surface area contributed by atoms with Gasteiger partial charge < -0.3 is 4.43 Å². The summed E-state index contributed by atoms with van der Waals surface area (Å²) in [6, 6.07) is 21.3. The van der Waals surface area contributed by atoms with E-state index in [1.165, 1.54) is 10.4 Å². The molecule has 1 atom stereocenters. The second kappa shape index (κ2) is 9.02. The minimum Gasteiger partial charge on any atom is -0.401 e. The van der Waals surface area contributed by atoms with E-state index in [1.54, 1.807) is 6.08 Å². The Morgan fingerprint density at radius 1 is 0.857 bits per heavy atom. The van der Waals surface area contributed by atoms with Crippen molar-refractivity contribution in [1.29, 1.82) is 0 Å². The molecule has 0 fully saturated rings. The maximum atomic E-state index is 11.0. The smallest absolute Gasteiger partial charge is 0.261 e. The first kappa shape index (κ1) is 22.3. The maximum absolute atomic E-state index is 11.0. The number of hydrogen-bond donors (Lipinski definition) is 0. The van der Waals surface area contributed by atoms with E-state index in [-0.39, 0.29) is 16.6 Å². The number of carbonyl (C=O) groups is 1. The van der Waals surface area contributed by atoms with Crippen molar-refractivity contribution in [2.24, 2.45) is 5.41 Å². The van der Waals surface area contributed by atoms with Gasteiger partial charge in [0.25, 0.3) is 8.32 Å². The molecule has 0 saturated carbocycles. The summed E-state index contributed by atoms with van der Waals surface area (Å²) in [5.74, 6) is 0. The number of aldehydes is 1. The van der Waals surface area contributed by atoms with Crippen LogP contribution in [-0.2, 0) is 9.22 Å². The minimum absolute atomic E-state index is 0.0825.